The molecule has 5 nitrogen and oxygen atoms in total. The van der Waals surface area contributed by atoms with Crippen molar-refractivity contribution in [3.05, 3.63) is 62.1 Å². The Morgan fingerprint density at radius 2 is 1.93 bits per heavy atom. The molecule has 0 fully saturated rings. The minimum atomic E-state index is -0.427. The van der Waals surface area contributed by atoms with E-state index in [1.807, 2.05) is 12.1 Å². The summed E-state index contributed by atoms with van der Waals surface area (Å²) in [5.74, 6) is -0.372. The van der Waals surface area contributed by atoms with Crippen molar-refractivity contribution in [2.75, 3.05) is 20.1 Å². The van der Waals surface area contributed by atoms with Gasteiger partial charge in [0.1, 0.15) is 12.3 Å². The molecule has 2 heterocycles. The van der Waals surface area contributed by atoms with Gasteiger partial charge < -0.3 is 34.2 Å². The molecule has 28 heavy (non-hydrogen) atoms. The number of nitrogens with zero attached hydrogens (tertiary/aromatic N) is 2. The molecule has 1 aliphatic heterocycles. The first-order valence-corrected chi connectivity index (χ1v) is 9.91. The third kappa shape index (κ3) is 4.80. The zero-order chi connectivity index (χ0) is 19.6. The molecule has 0 radical (unpaired) electrons. The predicted octanol–water partition coefficient (Wildman–Crippen LogP) is 0.279. The summed E-state index contributed by atoms with van der Waals surface area (Å²) >= 11 is 1.58. The van der Waals surface area contributed by atoms with Crippen molar-refractivity contribution in [3.63, 3.8) is 0 Å². The Hall–Kier alpha value is -1.76. The van der Waals surface area contributed by atoms with Crippen molar-refractivity contribution in [2.24, 2.45) is 5.73 Å². The first-order chi connectivity index (χ1) is 12.8. The third-order valence-electron chi connectivity index (χ3n) is 5.42. The van der Waals surface area contributed by atoms with Gasteiger partial charge in [0.15, 0.2) is 5.69 Å². The van der Waals surface area contributed by atoms with Gasteiger partial charge in [-0.05, 0) is 18.1 Å². The third-order valence-corrected chi connectivity index (χ3v) is 6.64. The lowest BCUT2D eigenvalue weighted by atomic mass is 9.97. The minimum Gasteiger partial charge on any atom is -1.00 e. The number of ketones is 1. The van der Waals surface area contributed by atoms with E-state index >= 15 is 0 Å². The maximum Gasteiger partial charge on any atom is 0.250 e. The van der Waals surface area contributed by atoms with Crippen molar-refractivity contribution in [1.29, 1.82) is 0 Å². The molecule has 148 valence electrons. The summed E-state index contributed by atoms with van der Waals surface area (Å²) in [5.41, 5.74) is 8.74. The van der Waals surface area contributed by atoms with Crippen LogP contribution in [0.4, 0.5) is 5.69 Å². The second kappa shape index (κ2) is 9.16. The summed E-state index contributed by atoms with van der Waals surface area (Å²) in [5, 5.41) is 0. The number of benzene rings is 1. The normalized spacial score (nSPS) is 17.9. The summed E-state index contributed by atoms with van der Waals surface area (Å²) < 4.78 is 0.951. The highest BCUT2D eigenvalue weighted by Crippen LogP contribution is 2.35. The molecule has 1 unspecified atom stereocenters. The van der Waals surface area contributed by atoms with Gasteiger partial charge in [0, 0.05) is 24.1 Å². The number of hydrogen-bond acceptors (Lipinski definition) is 3. The van der Waals surface area contributed by atoms with Gasteiger partial charge in [0.05, 0.1) is 37.1 Å². The number of fused-ring (bicyclic) bond motifs is 1. The maximum absolute atomic E-state index is 12.6. The highest BCUT2D eigenvalue weighted by molar-refractivity contribution is 7.12. The number of likely N-dealkylation sites (N-methyl/N-ethyl adjacent to an activating group) is 1. The largest absolute Gasteiger partial charge is 1.00 e. The van der Waals surface area contributed by atoms with Gasteiger partial charge in [-0.3, -0.25) is 9.59 Å². The number of hydrogen-bond donors (Lipinski definition) is 1. The number of carbonyl (C=O) groups is 2. The van der Waals surface area contributed by atoms with Crippen LogP contribution in [0.3, 0.4) is 0 Å². The SMILES string of the molecule is [C-]#[N+]c1ccc(CC(=O)Cc2sc3c(c2C(N)=O)CC[N+](C)(CC)C3)cc1.[I-]. The summed E-state index contributed by atoms with van der Waals surface area (Å²) in [6, 6.07) is 7.06. The topological polar surface area (TPSA) is 64.5 Å². The number of amides is 1. The molecule has 0 saturated heterocycles. The molecule has 1 aromatic carbocycles. The highest BCUT2D eigenvalue weighted by Gasteiger charge is 2.33. The summed E-state index contributed by atoms with van der Waals surface area (Å²) in [4.78, 5) is 30.0. The van der Waals surface area contributed by atoms with Crippen molar-refractivity contribution >= 4 is 28.7 Å². The summed E-state index contributed by atoms with van der Waals surface area (Å²) in [6.07, 6.45) is 1.36. The number of carbonyl (C=O) groups excluding carboxylic acids is 2. The van der Waals surface area contributed by atoms with Crippen LogP contribution in [0.1, 0.15) is 38.2 Å². The van der Waals surface area contributed by atoms with E-state index in [9.17, 15) is 9.59 Å². The number of primary amides is 1. The Morgan fingerprint density at radius 3 is 2.50 bits per heavy atom. The number of Topliss-reactive ketones (excluding diaryl/α,β-unsaturated/α-hetero) is 1. The first kappa shape index (κ1) is 22.5. The van der Waals surface area contributed by atoms with Crippen LogP contribution in [-0.4, -0.2) is 36.3 Å². The average molecular weight is 509 g/mol. The fraction of sp³-hybridized carbons (Fsp3) is 0.381. The molecular weight excluding hydrogens is 485 g/mol. The second-order valence-electron chi connectivity index (χ2n) is 7.40. The zero-order valence-electron chi connectivity index (χ0n) is 16.1. The molecular formula is C21H24IN3O2S. The highest BCUT2D eigenvalue weighted by atomic mass is 127. The standard InChI is InChI=1S/C21H23N3O2S.HI/c1-4-24(3)10-9-17-19(13-24)27-18(20(17)21(22)26)12-16(25)11-14-5-7-15(23-2)8-6-14;/h5-8H,4,9-13H2,1,3H3,(H-,22,26);1H. The van der Waals surface area contributed by atoms with Crippen LogP contribution >= 0.6 is 11.3 Å². The number of rotatable bonds is 6. The number of quaternary nitrogens is 1. The molecule has 3 rings (SSSR count). The Bertz CT molecular complexity index is 930. The van der Waals surface area contributed by atoms with Gasteiger partial charge in [-0.2, -0.15) is 0 Å². The van der Waals surface area contributed by atoms with E-state index in [2.05, 4.69) is 18.8 Å². The maximum atomic E-state index is 12.6. The van der Waals surface area contributed by atoms with Gasteiger partial charge in [-0.25, -0.2) is 4.85 Å². The van der Waals surface area contributed by atoms with E-state index in [4.69, 9.17) is 12.3 Å². The molecule has 0 aliphatic carbocycles. The van der Waals surface area contributed by atoms with Crippen molar-refractivity contribution in [1.82, 2.24) is 0 Å². The van der Waals surface area contributed by atoms with Crippen LogP contribution in [0.2, 0.25) is 0 Å². The molecule has 1 aliphatic rings. The lowest BCUT2D eigenvalue weighted by molar-refractivity contribution is -0.922. The van der Waals surface area contributed by atoms with Crippen molar-refractivity contribution in [2.45, 2.75) is 32.7 Å². The average Bonchev–Trinajstić information content (AvgIpc) is 2.98. The molecule has 1 amide bonds. The van der Waals surface area contributed by atoms with Gasteiger partial charge in [0.25, 0.3) is 0 Å². The molecule has 0 bridgehead atoms. The van der Waals surface area contributed by atoms with Crippen LogP contribution < -0.4 is 29.7 Å². The number of thiophene rings is 1. The fourth-order valence-electron chi connectivity index (χ4n) is 3.61. The van der Waals surface area contributed by atoms with E-state index in [-0.39, 0.29) is 36.2 Å². The fourth-order valence-corrected chi connectivity index (χ4v) is 5.17. The number of nitrogens with two attached hydrogens (primary N) is 1. The summed E-state index contributed by atoms with van der Waals surface area (Å²) in [7, 11) is 2.23. The second-order valence-corrected chi connectivity index (χ2v) is 8.59. The molecule has 2 aromatic rings. The van der Waals surface area contributed by atoms with Crippen LogP contribution in [0.15, 0.2) is 24.3 Å². The first-order valence-electron chi connectivity index (χ1n) is 9.10. The molecule has 1 atom stereocenters. The van der Waals surface area contributed by atoms with E-state index in [1.165, 1.54) is 4.88 Å². The van der Waals surface area contributed by atoms with Crippen LogP contribution in [-0.2, 0) is 30.6 Å². The lowest BCUT2D eigenvalue weighted by Crippen LogP contribution is -3.00. The minimum absolute atomic E-state index is 0. The van der Waals surface area contributed by atoms with Crippen LogP contribution in [0.5, 0.6) is 0 Å². The van der Waals surface area contributed by atoms with E-state index in [0.29, 0.717) is 17.7 Å². The van der Waals surface area contributed by atoms with Gasteiger partial charge in [-0.15, -0.1) is 11.3 Å². The smallest absolute Gasteiger partial charge is 0.250 e. The Morgan fingerprint density at radius 1 is 1.25 bits per heavy atom. The quantitative estimate of drug-likeness (QED) is 0.346. The molecule has 0 spiro atoms. The Balaban J connectivity index is 0.00000280. The zero-order valence-corrected chi connectivity index (χ0v) is 19.1. The lowest BCUT2D eigenvalue weighted by Gasteiger charge is -2.36. The molecule has 0 saturated carbocycles. The molecule has 2 N–H and O–H groups in total. The molecule has 1 aromatic heterocycles. The Labute approximate surface area is 187 Å². The van der Waals surface area contributed by atoms with Crippen LogP contribution in [0, 0.1) is 6.57 Å². The van der Waals surface area contributed by atoms with Crippen LogP contribution in [0.25, 0.3) is 4.85 Å². The van der Waals surface area contributed by atoms with Crippen molar-refractivity contribution in [3.8, 4) is 0 Å². The monoisotopic (exact) mass is 509 g/mol. The van der Waals surface area contributed by atoms with Crippen molar-refractivity contribution < 1.29 is 38.0 Å². The van der Waals surface area contributed by atoms with E-state index in [0.717, 1.165) is 46.5 Å². The molecule has 7 heteroatoms. The van der Waals surface area contributed by atoms with E-state index < -0.39 is 5.91 Å². The van der Waals surface area contributed by atoms with Gasteiger partial charge in [0.2, 0.25) is 5.91 Å². The predicted molar refractivity (Wildman–Crippen MR) is 107 cm³/mol. The van der Waals surface area contributed by atoms with Gasteiger partial charge in [-0.1, -0.05) is 24.3 Å². The Kier molecular flexibility index (Phi) is 7.37. The van der Waals surface area contributed by atoms with E-state index in [1.54, 1.807) is 23.5 Å². The number of halogens is 1. The van der Waals surface area contributed by atoms with Gasteiger partial charge >= 0.3 is 0 Å². The summed E-state index contributed by atoms with van der Waals surface area (Å²) in [6.45, 7) is 12.1.